The van der Waals surface area contributed by atoms with E-state index in [0.29, 0.717) is 5.56 Å². The van der Waals surface area contributed by atoms with Crippen molar-refractivity contribution in [3.8, 4) is 0 Å². The van der Waals surface area contributed by atoms with Crippen molar-refractivity contribution in [2.45, 2.75) is 17.6 Å². The van der Waals surface area contributed by atoms with Crippen molar-refractivity contribution in [1.82, 2.24) is 0 Å². The van der Waals surface area contributed by atoms with E-state index >= 15 is 0 Å². The van der Waals surface area contributed by atoms with Gasteiger partial charge in [-0.1, -0.05) is 12.1 Å². The van der Waals surface area contributed by atoms with Crippen molar-refractivity contribution in [2.75, 3.05) is 18.2 Å². The number of sulfone groups is 1. The lowest BCUT2D eigenvalue weighted by atomic mass is 10.1. The van der Waals surface area contributed by atoms with Crippen LogP contribution in [0.1, 0.15) is 11.1 Å². The number of nitrogens with zero attached hydrogens (tertiary/aromatic N) is 2. The van der Waals surface area contributed by atoms with Gasteiger partial charge in [0.15, 0.2) is 9.84 Å². The van der Waals surface area contributed by atoms with Gasteiger partial charge in [-0.15, -0.1) is 0 Å². The molecule has 0 spiro atoms. The zero-order valence-electron chi connectivity index (χ0n) is 13.8. The zero-order chi connectivity index (χ0) is 19.7. The Balaban J connectivity index is 2.32. The third kappa shape index (κ3) is 4.51. The maximum atomic E-state index is 12.6. The largest absolute Gasteiger partial charge is 0.416 e. The van der Waals surface area contributed by atoms with Gasteiger partial charge in [0.05, 0.1) is 15.4 Å². The lowest BCUT2D eigenvalue weighted by Gasteiger charge is -2.20. The quantitative estimate of drug-likeness (QED) is 0.577. The average Bonchev–Trinajstić information content (AvgIpc) is 2.53. The third-order valence-electron chi connectivity index (χ3n) is 3.68. The zero-order valence-corrected chi connectivity index (χ0v) is 14.6. The van der Waals surface area contributed by atoms with Crippen LogP contribution in [0.4, 0.5) is 24.5 Å². The van der Waals surface area contributed by atoms with Crippen molar-refractivity contribution in [2.24, 2.45) is 0 Å². The minimum absolute atomic E-state index is 0.108. The van der Waals surface area contributed by atoms with Gasteiger partial charge < -0.3 is 4.90 Å². The van der Waals surface area contributed by atoms with Gasteiger partial charge in [-0.25, -0.2) is 8.42 Å². The summed E-state index contributed by atoms with van der Waals surface area (Å²) in [5.41, 5.74) is -0.515. The highest BCUT2D eigenvalue weighted by Crippen LogP contribution is 2.32. The number of halogens is 3. The lowest BCUT2D eigenvalue weighted by Crippen LogP contribution is -2.18. The number of alkyl halides is 3. The van der Waals surface area contributed by atoms with E-state index in [1.807, 2.05) is 0 Å². The summed E-state index contributed by atoms with van der Waals surface area (Å²) in [5, 5.41) is 11.3. The van der Waals surface area contributed by atoms with Crippen molar-refractivity contribution in [1.29, 1.82) is 0 Å². The fourth-order valence-electron chi connectivity index (χ4n) is 2.36. The van der Waals surface area contributed by atoms with Crippen molar-refractivity contribution in [3.63, 3.8) is 0 Å². The summed E-state index contributed by atoms with van der Waals surface area (Å²) in [4.78, 5) is 11.9. The van der Waals surface area contributed by atoms with E-state index in [1.54, 1.807) is 0 Å². The van der Waals surface area contributed by atoms with Crippen molar-refractivity contribution in [3.05, 3.63) is 63.7 Å². The molecule has 0 fully saturated rings. The van der Waals surface area contributed by atoms with E-state index in [2.05, 4.69) is 0 Å². The van der Waals surface area contributed by atoms with Crippen molar-refractivity contribution >= 4 is 21.2 Å². The van der Waals surface area contributed by atoms with Gasteiger partial charge in [0, 0.05) is 25.9 Å². The molecule has 10 heteroatoms. The van der Waals surface area contributed by atoms with Gasteiger partial charge in [-0.3, -0.25) is 10.1 Å². The SMILES string of the molecule is CN(Cc1ccc(C(F)(F)F)cc1)c1ccc(S(C)(=O)=O)cc1[N+](=O)[O-]. The van der Waals surface area contributed by atoms with Crippen LogP contribution >= 0.6 is 0 Å². The minimum atomic E-state index is -4.44. The molecule has 26 heavy (non-hydrogen) atoms. The maximum absolute atomic E-state index is 12.6. The van der Waals surface area contributed by atoms with E-state index in [1.165, 1.54) is 36.2 Å². The van der Waals surface area contributed by atoms with Gasteiger partial charge in [0.1, 0.15) is 5.69 Å². The first kappa shape index (κ1) is 19.7. The van der Waals surface area contributed by atoms with Crippen LogP contribution in [0.15, 0.2) is 47.4 Å². The number of benzene rings is 2. The molecule has 0 bridgehead atoms. The summed E-state index contributed by atoms with van der Waals surface area (Å²) in [7, 11) is -2.08. The smallest absolute Gasteiger partial charge is 0.365 e. The first-order chi connectivity index (χ1) is 11.9. The van der Waals surface area contributed by atoms with E-state index in [9.17, 15) is 31.7 Å². The number of nitro benzene ring substituents is 1. The highest BCUT2D eigenvalue weighted by Gasteiger charge is 2.30. The van der Waals surface area contributed by atoms with Gasteiger partial charge >= 0.3 is 6.18 Å². The Bertz CT molecular complexity index is 926. The predicted octanol–water partition coefficient (Wildman–Crippen LogP) is 3.65. The summed E-state index contributed by atoms with van der Waals surface area (Å²) in [6.07, 6.45) is -3.50. The first-order valence-electron chi connectivity index (χ1n) is 7.25. The molecule has 2 aromatic carbocycles. The highest BCUT2D eigenvalue weighted by atomic mass is 32.2. The van der Waals surface area contributed by atoms with Crippen LogP contribution in [0.2, 0.25) is 0 Å². The molecule has 0 heterocycles. The molecule has 0 aliphatic carbocycles. The lowest BCUT2D eigenvalue weighted by molar-refractivity contribution is -0.384. The standard InChI is InChI=1S/C16H15F3N2O4S/c1-20(10-11-3-5-12(6-4-11)16(17,18)19)14-8-7-13(26(2,24)25)9-15(14)21(22)23/h3-9H,10H2,1-2H3. The number of hydrogen-bond donors (Lipinski definition) is 0. The summed E-state index contributed by atoms with van der Waals surface area (Å²) in [5.74, 6) is 0. The molecule has 0 radical (unpaired) electrons. The molecule has 140 valence electrons. The molecular formula is C16H15F3N2O4S. The summed E-state index contributed by atoms with van der Waals surface area (Å²) < 4.78 is 60.9. The van der Waals surface area contributed by atoms with Crippen LogP contribution in [-0.2, 0) is 22.6 Å². The van der Waals surface area contributed by atoms with Gasteiger partial charge in [-0.2, -0.15) is 13.2 Å². The number of nitro groups is 1. The molecular weight excluding hydrogens is 373 g/mol. The molecule has 0 amide bonds. The van der Waals surface area contributed by atoms with E-state index < -0.39 is 32.2 Å². The van der Waals surface area contributed by atoms with Crippen LogP contribution in [0, 0.1) is 10.1 Å². The maximum Gasteiger partial charge on any atom is 0.416 e. The number of anilines is 1. The Hall–Kier alpha value is -2.62. The Kier molecular flexibility index (Phi) is 5.26. The van der Waals surface area contributed by atoms with Crippen LogP contribution in [0.3, 0.4) is 0 Å². The first-order valence-corrected chi connectivity index (χ1v) is 9.14. The minimum Gasteiger partial charge on any atom is -0.365 e. The van der Waals surface area contributed by atoms with Gasteiger partial charge in [0.25, 0.3) is 5.69 Å². The van der Waals surface area contributed by atoms with Crippen LogP contribution in [-0.4, -0.2) is 26.6 Å². The molecule has 0 aromatic heterocycles. The Labute approximate surface area is 147 Å². The highest BCUT2D eigenvalue weighted by molar-refractivity contribution is 7.90. The molecule has 0 saturated carbocycles. The molecule has 6 nitrogen and oxygen atoms in total. The topological polar surface area (TPSA) is 80.5 Å². The van der Waals surface area contributed by atoms with E-state index in [4.69, 9.17) is 0 Å². The monoisotopic (exact) mass is 388 g/mol. The molecule has 2 aromatic rings. The fraction of sp³-hybridized carbons (Fsp3) is 0.250. The average molecular weight is 388 g/mol. The van der Waals surface area contributed by atoms with Crippen LogP contribution < -0.4 is 4.90 Å². The predicted molar refractivity (Wildman–Crippen MR) is 89.8 cm³/mol. The molecule has 0 aliphatic rings. The molecule has 0 aliphatic heterocycles. The molecule has 0 unspecified atom stereocenters. The molecule has 2 rings (SSSR count). The Morgan fingerprint density at radius 3 is 2.15 bits per heavy atom. The fourth-order valence-corrected chi connectivity index (χ4v) is 3.00. The summed E-state index contributed by atoms with van der Waals surface area (Å²) >= 11 is 0. The van der Waals surface area contributed by atoms with E-state index in [0.717, 1.165) is 24.5 Å². The normalized spacial score (nSPS) is 12.0. The van der Waals surface area contributed by atoms with Crippen LogP contribution in [0.5, 0.6) is 0 Å². The third-order valence-corrected chi connectivity index (χ3v) is 4.79. The molecule has 0 N–H and O–H groups in total. The summed E-state index contributed by atoms with van der Waals surface area (Å²) in [6, 6.07) is 7.97. The molecule has 0 saturated heterocycles. The number of hydrogen-bond acceptors (Lipinski definition) is 5. The summed E-state index contributed by atoms with van der Waals surface area (Å²) in [6.45, 7) is 0.108. The second kappa shape index (κ2) is 6.94. The second-order valence-electron chi connectivity index (χ2n) is 5.73. The Morgan fingerprint density at radius 1 is 1.12 bits per heavy atom. The van der Waals surface area contributed by atoms with Crippen molar-refractivity contribution < 1.29 is 26.5 Å². The van der Waals surface area contributed by atoms with Gasteiger partial charge in [0.2, 0.25) is 0 Å². The number of rotatable bonds is 5. The van der Waals surface area contributed by atoms with Crippen LogP contribution in [0.25, 0.3) is 0 Å². The molecule has 0 atom stereocenters. The second-order valence-corrected chi connectivity index (χ2v) is 7.75. The van der Waals surface area contributed by atoms with E-state index in [-0.39, 0.29) is 17.1 Å². The van der Waals surface area contributed by atoms with Gasteiger partial charge in [-0.05, 0) is 29.8 Å². The Morgan fingerprint density at radius 2 is 1.69 bits per heavy atom.